The average Bonchev–Trinajstić information content (AvgIpc) is 3.09. The molecular formula is C16H18F3N3. The molecule has 1 aromatic heterocycles. The van der Waals surface area contributed by atoms with E-state index in [1.54, 1.807) is 12.3 Å². The number of aryl methyl sites for hydroxylation is 1. The largest absolute Gasteiger partial charge is 0.416 e. The summed E-state index contributed by atoms with van der Waals surface area (Å²) >= 11 is 0. The topological polar surface area (TPSA) is 21.1 Å². The van der Waals surface area contributed by atoms with Gasteiger partial charge in [0.2, 0.25) is 0 Å². The summed E-state index contributed by atoms with van der Waals surface area (Å²) in [6.07, 6.45) is 0.262. The molecule has 0 N–H and O–H groups in total. The minimum atomic E-state index is -4.28. The molecule has 0 amide bonds. The molecule has 0 saturated carbocycles. The van der Waals surface area contributed by atoms with Gasteiger partial charge in [-0.05, 0) is 30.5 Å². The van der Waals surface area contributed by atoms with Gasteiger partial charge in [0.25, 0.3) is 0 Å². The Balaban J connectivity index is 1.69. The van der Waals surface area contributed by atoms with Crippen LogP contribution in [0.15, 0.2) is 36.7 Å². The molecular weight excluding hydrogens is 291 g/mol. The molecule has 1 aromatic carbocycles. The van der Waals surface area contributed by atoms with Crippen molar-refractivity contribution in [3.05, 3.63) is 53.6 Å². The maximum Gasteiger partial charge on any atom is 0.416 e. The van der Waals surface area contributed by atoms with Crippen LogP contribution in [0.2, 0.25) is 0 Å². The van der Waals surface area contributed by atoms with E-state index in [4.69, 9.17) is 0 Å². The van der Waals surface area contributed by atoms with Crippen molar-refractivity contribution >= 4 is 0 Å². The van der Waals surface area contributed by atoms with Crippen LogP contribution in [0.4, 0.5) is 13.2 Å². The zero-order valence-corrected chi connectivity index (χ0v) is 12.3. The fourth-order valence-electron chi connectivity index (χ4n) is 2.97. The average molecular weight is 309 g/mol. The number of rotatable bonds is 3. The van der Waals surface area contributed by atoms with E-state index in [-0.39, 0.29) is 5.92 Å². The Morgan fingerprint density at radius 3 is 2.82 bits per heavy atom. The predicted molar refractivity (Wildman–Crippen MR) is 77.3 cm³/mol. The SMILES string of the molecule is Cn1ccnc1CN1CC[C@H](c2cccc(C(F)(F)F)c2)C1. The Hall–Kier alpha value is -1.82. The van der Waals surface area contributed by atoms with Crippen LogP contribution in [0, 0.1) is 0 Å². The van der Waals surface area contributed by atoms with Gasteiger partial charge in [0.1, 0.15) is 5.82 Å². The standard InChI is InChI=1S/C16H18F3N3/c1-21-8-6-20-15(21)11-22-7-5-13(10-22)12-3-2-4-14(9-12)16(17,18)19/h2-4,6,8-9,13H,5,7,10-11H2,1H3/t13-/m0/s1. The van der Waals surface area contributed by atoms with Crippen LogP contribution >= 0.6 is 0 Å². The highest BCUT2D eigenvalue weighted by atomic mass is 19.4. The molecule has 0 aliphatic carbocycles. The molecule has 3 rings (SSSR count). The van der Waals surface area contributed by atoms with Crippen molar-refractivity contribution < 1.29 is 13.2 Å². The third kappa shape index (κ3) is 3.16. The van der Waals surface area contributed by atoms with Gasteiger partial charge in [-0.3, -0.25) is 4.90 Å². The second kappa shape index (κ2) is 5.76. The van der Waals surface area contributed by atoms with E-state index in [2.05, 4.69) is 9.88 Å². The van der Waals surface area contributed by atoms with Crippen molar-refractivity contribution in [1.29, 1.82) is 0 Å². The van der Waals surface area contributed by atoms with Crippen molar-refractivity contribution in [3.63, 3.8) is 0 Å². The van der Waals surface area contributed by atoms with Crippen molar-refractivity contribution in [2.24, 2.45) is 7.05 Å². The molecule has 0 radical (unpaired) electrons. The molecule has 0 unspecified atom stereocenters. The molecule has 3 nitrogen and oxygen atoms in total. The minimum absolute atomic E-state index is 0.155. The summed E-state index contributed by atoms with van der Waals surface area (Å²) in [7, 11) is 1.95. The fraction of sp³-hybridized carbons (Fsp3) is 0.438. The van der Waals surface area contributed by atoms with E-state index in [1.807, 2.05) is 17.8 Å². The molecule has 6 heteroatoms. The minimum Gasteiger partial charge on any atom is -0.337 e. The molecule has 1 saturated heterocycles. The highest BCUT2D eigenvalue weighted by Gasteiger charge is 2.32. The van der Waals surface area contributed by atoms with Crippen molar-refractivity contribution in [3.8, 4) is 0 Å². The highest BCUT2D eigenvalue weighted by molar-refractivity contribution is 5.29. The van der Waals surface area contributed by atoms with Gasteiger partial charge in [0, 0.05) is 26.0 Å². The summed E-state index contributed by atoms with van der Waals surface area (Å²) in [4.78, 5) is 6.54. The molecule has 1 aliphatic heterocycles. The summed E-state index contributed by atoms with van der Waals surface area (Å²) in [6, 6.07) is 5.71. The van der Waals surface area contributed by atoms with Crippen LogP contribution in [-0.2, 0) is 19.8 Å². The number of likely N-dealkylation sites (tertiary alicyclic amines) is 1. The molecule has 2 heterocycles. The summed E-state index contributed by atoms with van der Waals surface area (Å²) < 4.78 is 40.4. The highest BCUT2D eigenvalue weighted by Crippen LogP contribution is 2.33. The second-order valence-electron chi connectivity index (χ2n) is 5.80. The smallest absolute Gasteiger partial charge is 0.337 e. The molecule has 1 fully saturated rings. The Bertz CT molecular complexity index is 648. The first-order valence-corrected chi connectivity index (χ1v) is 7.29. The molecule has 118 valence electrons. The van der Waals surface area contributed by atoms with Gasteiger partial charge in [0.15, 0.2) is 0 Å². The molecule has 2 aromatic rings. The van der Waals surface area contributed by atoms with Gasteiger partial charge >= 0.3 is 6.18 Å². The van der Waals surface area contributed by atoms with Gasteiger partial charge in [-0.25, -0.2) is 4.98 Å². The van der Waals surface area contributed by atoms with Gasteiger partial charge < -0.3 is 4.57 Å². The summed E-state index contributed by atoms with van der Waals surface area (Å²) in [6.45, 7) is 2.39. The van der Waals surface area contributed by atoms with Crippen LogP contribution in [0.25, 0.3) is 0 Å². The number of imidazole rings is 1. The van der Waals surface area contributed by atoms with E-state index in [0.29, 0.717) is 0 Å². The first-order valence-electron chi connectivity index (χ1n) is 7.29. The third-order valence-corrected chi connectivity index (χ3v) is 4.24. The summed E-state index contributed by atoms with van der Waals surface area (Å²) in [5.74, 6) is 1.13. The van der Waals surface area contributed by atoms with E-state index in [1.165, 1.54) is 12.1 Å². The first kappa shape index (κ1) is 15.1. The lowest BCUT2D eigenvalue weighted by atomic mass is 9.96. The number of hydrogen-bond donors (Lipinski definition) is 0. The van der Waals surface area contributed by atoms with Crippen molar-refractivity contribution in [2.45, 2.75) is 25.1 Å². The number of hydrogen-bond acceptors (Lipinski definition) is 2. The van der Waals surface area contributed by atoms with E-state index >= 15 is 0 Å². The molecule has 22 heavy (non-hydrogen) atoms. The van der Waals surface area contributed by atoms with E-state index in [0.717, 1.165) is 43.5 Å². The van der Waals surface area contributed by atoms with Crippen LogP contribution in [0.5, 0.6) is 0 Å². The Morgan fingerprint density at radius 1 is 1.32 bits per heavy atom. The normalized spacial score (nSPS) is 19.7. The van der Waals surface area contributed by atoms with Crippen LogP contribution in [0.3, 0.4) is 0 Å². The van der Waals surface area contributed by atoms with Gasteiger partial charge in [-0.1, -0.05) is 18.2 Å². The molecule has 0 bridgehead atoms. The van der Waals surface area contributed by atoms with E-state index < -0.39 is 11.7 Å². The lowest BCUT2D eigenvalue weighted by Crippen LogP contribution is -2.21. The van der Waals surface area contributed by atoms with Crippen molar-refractivity contribution in [2.75, 3.05) is 13.1 Å². The number of alkyl halides is 3. The zero-order valence-electron chi connectivity index (χ0n) is 12.3. The maximum atomic E-state index is 12.8. The van der Waals surface area contributed by atoms with Gasteiger partial charge in [-0.15, -0.1) is 0 Å². The third-order valence-electron chi connectivity index (χ3n) is 4.24. The van der Waals surface area contributed by atoms with Gasteiger partial charge in [0.05, 0.1) is 12.1 Å². The Morgan fingerprint density at radius 2 is 2.14 bits per heavy atom. The molecule has 1 aliphatic rings. The lowest BCUT2D eigenvalue weighted by molar-refractivity contribution is -0.137. The molecule has 1 atom stereocenters. The number of halogens is 3. The second-order valence-corrected chi connectivity index (χ2v) is 5.80. The monoisotopic (exact) mass is 309 g/mol. The predicted octanol–water partition coefficient (Wildman–Crippen LogP) is 3.43. The zero-order chi connectivity index (χ0) is 15.7. The maximum absolute atomic E-state index is 12.8. The quantitative estimate of drug-likeness (QED) is 0.866. The molecule has 0 spiro atoms. The Kier molecular flexibility index (Phi) is 3.95. The van der Waals surface area contributed by atoms with Crippen molar-refractivity contribution in [1.82, 2.24) is 14.5 Å². The number of benzene rings is 1. The lowest BCUT2D eigenvalue weighted by Gasteiger charge is -2.16. The van der Waals surface area contributed by atoms with E-state index in [9.17, 15) is 13.2 Å². The van der Waals surface area contributed by atoms with Gasteiger partial charge in [-0.2, -0.15) is 13.2 Å². The number of aromatic nitrogens is 2. The summed E-state index contributed by atoms with van der Waals surface area (Å²) in [5, 5.41) is 0. The number of nitrogens with zero attached hydrogens (tertiary/aromatic N) is 3. The summed E-state index contributed by atoms with van der Waals surface area (Å²) in [5.41, 5.74) is 0.213. The van der Waals surface area contributed by atoms with Crippen LogP contribution < -0.4 is 0 Å². The first-order chi connectivity index (χ1) is 10.4. The fourth-order valence-corrected chi connectivity index (χ4v) is 2.97. The van der Waals surface area contributed by atoms with Crippen LogP contribution in [0.1, 0.15) is 29.3 Å². The van der Waals surface area contributed by atoms with Crippen LogP contribution in [-0.4, -0.2) is 27.5 Å². The Labute approximate surface area is 127 Å².